The Bertz CT molecular complexity index is 1480. The molecule has 5 aromatic rings. The number of amides is 2. The van der Waals surface area contributed by atoms with Crippen molar-refractivity contribution in [2.45, 2.75) is 19.4 Å². The molecule has 0 aliphatic heterocycles. The van der Waals surface area contributed by atoms with Crippen LogP contribution in [0.5, 0.6) is 5.75 Å². The molecule has 180 valence electrons. The lowest BCUT2D eigenvalue weighted by Crippen LogP contribution is -2.28. The fourth-order valence-corrected chi connectivity index (χ4v) is 4.31. The molecule has 1 aromatic heterocycles. The van der Waals surface area contributed by atoms with Gasteiger partial charge in [-0.1, -0.05) is 54.6 Å². The van der Waals surface area contributed by atoms with Crippen LogP contribution in [0.4, 0.5) is 10.5 Å². The zero-order chi connectivity index (χ0) is 24.7. The molecule has 0 bridgehead atoms. The third-order valence-corrected chi connectivity index (χ3v) is 6.05. The summed E-state index contributed by atoms with van der Waals surface area (Å²) in [4.78, 5) is 17.4. The van der Waals surface area contributed by atoms with Gasteiger partial charge in [-0.2, -0.15) is 0 Å². The molecule has 2 N–H and O–H groups in total. The highest BCUT2D eigenvalue weighted by Crippen LogP contribution is 2.23. The first-order chi connectivity index (χ1) is 17.7. The maximum Gasteiger partial charge on any atom is 0.319 e. The maximum absolute atomic E-state index is 12.5. The van der Waals surface area contributed by atoms with E-state index in [0.29, 0.717) is 6.54 Å². The molecule has 0 saturated heterocycles. The van der Waals surface area contributed by atoms with Crippen molar-refractivity contribution in [2.75, 3.05) is 12.4 Å². The number of para-hydroxylation sites is 3. The Morgan fingerprint density at radius 2 is 1.61 bits per heavy atom. The molecule has 0 aliphatic rings. The smallest absolute Gasteiger partial charge is 0.319 e. The second-order valence-corrected chi connectivity index (χ2v) is 8.55. The predicted octanol–water partition coefficient (Wildman–Crippen LogP) is 6.14. The van der Waals surface area contributed by atoms with Crippen LogP contribution in [0.15, 0.2) is 103 Å². The van der Waals surface area contributed by atoms with Gasteiger partial charge in [-0.25, -0.2) is 9.78 Å². The molecule has 5 rings (SSSR count). The molecule has 6 nitrogen and oxygen atoms in total. The summed E-state index contributed by atoms with van der Waals surface area (Å²) in [6.07, 6.45) is 1.58. The highest BCUT2D eigenvalue weighted by atomic mass is 16.5. The molecule has 0 saturated carbocycles. The highest BCUT2D eigenvalue weighted by molar-refractivity contribution is 5.89. The average Bonchev–Trinajstić information content (AvgIpc) is 3.30. The van der Waals surface area contributed by atoms with E-state index in [-0.39, 0.29) is 6.03 Å². The van der Waals surface area contributed by atoms with Crippen molar-refractivity contribution >= 4 is 22.8 Å². The van der Waals surface area contributed by atoms with Crippen molar-refractivity contribution < 1.29 is 9.53 Å². The van der Waals surface area contributed by atoms with E-state index in [0.717, 1.165) is 58.0 Å². The average molecular weight is 477 g/mol. The largest absolute Gasteiger partial charge is 0.497 e. The first-order valence-corrected chi connectivity index (χ1v) is 12.0. The second-order valence-electron chi connectivity index (χ2n) is 8.55. The second kappa shape index (κ2) is 10.8. The molecule has 4 aromatic carbocycles. The van der Waals surface area contributed by atoms with E-state index in [4.69, 9.17) is 9.72 Å². The molecule has 36 heavy (non-hydrogen) atoms. The number of aryl methyl sites for hydroxylation is 2. The summed E-state index contributed by atoms with van der Waals surface area (Å²) in [6, 6.07) is 33.9. The summed E-state index contributed by atoms with van der Waals surface area (Å²) in [5.74, 6) is 1.78. The molecular weight excluding hydrogens is 448 g/mol. The third kappa shape index (κ3) is 5.39. The van der Waals surface area contributed by atoms with Gasteiger partial charge >= 0.3 is 6.03 Å². The number of fused-ring (bicyclic) bond motifs is 1. The Morgan fingerprint density at radius 3 is 2.47 bits per heavy atom. The molecule has 2 amide bonds. The normalized spacial score (nSPS) is 10.8. The number of methoxy groups -OCH3 is 1. The van der Waals surface area contributed by atoms with E-state index in [9.17, 15) is 4.79 Å². The molecule has 0 unspecified atom stereocenters. The van der Waals surface area contributed by atoms with E-state index < -0.39 is 0 Å². The van der Waals surface area contributed by atoms with Gasteiger partial charge in [0.15, 0.2) is 0 Å². The van der Waals surface area contributed by atoms with Crippen molar-refractivity contribution in [1.82, 2.24) is 14.9 Å². The number of nitrogens with zero attached hydrogens (tertiary/aromatic N) is 2. The monoisotopic (exact) mass is 476 g/mol. The topological polar surface area (TPSA) is 68.2 Å². The van der Waals surface area contributed by atoms with Gasteiger partial charge in [0.1, 0.15) is 11.6 Å². The van der Waals surface area contributed by atoms with E-state index in [1.807, 2.05) is 78.9 Å². The van der Waals surface area contributed by atoms with Crippen molar-refractivity contribution in [3.05, 3.63) is 120 Å². The zero-order valence-corrected chi connectivity index (χ0v) is 20.1. The molecule has 0 fully saturated rings. The van der Waals surface area contributed by atoms with Crippen LogP contribution in [0.25, 0.3) is 16.7 Å². The van der Waals surface area contributed by atoms with Crippen LogP contribution in [-0.2, 0) is 19.4 Å². The SMILES string of the molecule is COc1cccc(CNC(=O)Nc2cccc(CCc3nc4ccccc4n3-c3ccccc3)c2)c1. The summed E-state index contributed by atoms with van der Waals surface area (Å²) < 4.78 is 7.47. The highest BCUT2D eigenvalue weighted by Gasteiger charge is 2.12. The summed E-state index contributed by atoms with van der Waals surface area (Å²) in [7, 11) is 1.63. The van der Waals surface area contributed by atoms with Crippen LogP contribution in [0.3, 0.4) is 0 Å². The number of nitrogens with one attached hydrogen (secondary N) is 2. The molecule has 1 heterocycles. The number of imidazole rings is 1. The van der Waals surface area contributed by atoms with E-state index in [1.165, 1.54) is 0 Å². The van der Waals surface area contributed by atoms with E-state index >= 15 is 0 Å². The van der Waals surface area contributed by atoms with Crippen LogP contribution >= 0.6 is 0 Å². The number of anilines is 1. The number of urea groups is 1. The Hall–Kier alpha value is -4.58. The summed E-state index contributed by atoms with van der Waals surface area (Å²) in [5, 5.41) is 5.83. The number of benzene rings is 4. The predicted molar refractivity (Wildman–Crippen MR) is 144 cm³/mol. The number of carbonyl (C=O) groups excluding carboxylic acids is 1. The van der Waals surface area contributed by atoms with Gasteiger partial charge in [0, 0.05) is 24.3 Å². The fourth-order valence-electron chi connectivity index (χ4n) is 4.31. The van der Waals surface area contributed by atoms with Crippen molar-refractivity contribution in [2.24, 2.45) is 0 Å². The Morgan fingerprint density at radius 1 is 0.833 bits per heavy atom. The number of aromatic nitrogens is 2. The fraction of sp³-hybridized carbons (Fsp3) is 0.133. The van der Waals surface area contributed by atoms with Crippen molar-refractivity contribution in [3.8, 4) is 11.4 Å². The number of rotatable bonds is 8. The lowest BCUT2D eigenvalue weighted by atomic mass is 10.1. The van der Waals surface area contributed by atoms with Crippen LogP contribution in [0.1, 0.15) is 17.0 Å². The van der Waals surface area contributed by atoms with Gasteiger partial charge in [-0.3, -0.25) is 4.57 Å². The van der Waals surface area contributed by atoms with Gasteiger partial charge in [-0.15, -0.1) is 0 Å². The van der Waals surface area contributed by atoms with Gasteiger partial charge in [-0.05, 0) is 66.1 Å². The molecule has 6 heteroatoms. The van der Waals surface area contributed by atoms with Crippen molar-refractivity contribution in [3.63, 3.8) is 0 Å². The summed E-state index contributed by atoms with van der Waals surface area (Å²) in [5.41, 5.74) is 6.05. The molecular formula is C30H28N4O2. The lowest BCUT2D eigenvalue weighted by molar-refractivity contribution is 0.251. The molecule has 0 spiro atoms. The Kier molecular flexibility index (Phi) is 6.94. The number of ether oxygens (including phenoxy) is 1. The summed E-state index contributed by atoms with van der Waals surface area (Å²) >= 11 is 0. The number of hydrogen-bond acceptors (Lipinski definition) is 3. The van der Waals surface area contributed by atoms with Crippen LogP contribution < -0.4 is 15.4 Å². The van der Waals surface area contributed by atoms with Gasteiger partial charge in [0.2, 0.25) is 0 Å². The minimum Gasteiger partial charge on any atom is -0.497 e. The zero-order valence-electron chi connectivity index (χ0n) is 20.1. The third-order valence-electron chi connectivity index (χ3n) is 6.05. The first-order valence-electron chi connectivity index (χ1n) is 12.0. The van der Waals surface area contributed by atoms with Crippen molar-refractivity contribution in [1.29, 1.82) is 0 Å². The maximum atomic E-state index is 12.5. The summed E-state index contributed by atoms with van der Waals surface area (Å²) in [6.45, 7) is 0.415. The quantitative estimate of drug-likeness (QED) is 0.283. The van der Waals surface area contributed by atoms with Crippen LogP contribution in [0, 0.1) is 0 Å². The van der Waals surface area contributed by atoms with Gasteiger partial charge in [0.05, 0.1) is 18.1 Å². The first kappa shape index (κ1) is 23.2. The molecule has 0 atom stereocenters. The van der Waals surface area contributed by atoms with Gasteiger partial charge < -0.3 is 15.4 Å². The standard InChI is InChI=1S/C30H28N4O2/c1-36-26-14-8-10-23(20-26)21-31-30(35)32-24-11-7-9-22(19-24)17-18-29-33-27-15-5-6-16-28(27)34(29)25-12-3-2-4-13-25/h2-16,19-20H,17-18,21H2,1H3,(H2,31,32,35). The molecule has 0 aliphatic carbocycles. The number of carbonyl (C=O) groups is 1. The minimum atomic E-state index is -0.249. The molecule has 0 radical (unpaired) electrons. The van der Waals surface area contributed by atoms with Gasteiger partial charge in [0.25, 0.3) is 0 Å². The lowest BCUT2D eigenvalue weighted by Gasteiger charge is -2.11. The Labute approximate surface area is 210 Å². The van der Waals surface area contributed by atoms with E-state index in [2.05, 4.69) is 39.5 Å². The van der Waals surface area contributed by atoms with Crippen LogP contribution in [-0.4, -0.2) is 22.7 Å². The van der Waals surface area contributed by atoms with Crippen LogP contribution in [0.2, 0.25) is 0 Å². The minimum absolute atomic E-state index is 0.249. The van der Waals surface area contributed by atoms with E-state index in [1.54, 1.807) is 7.11 Å². The Balaban J connectivity index is 1.26. The number of hydrogen-bond donors (Lipinski definition) is 2.